The molecule has 0 aliphatic heterocycles. The van der Waals surface area contributed by atoms with Crippen molar-refractivity contribution in [1.82, 2.24) is 0 Å². The predicted octanol–water partition coefficient (Wildman–Crippen LogP) is 15.8. The number of carbonyl (C=O) groups excluding carboxylic acids is 6. The second-order valence-corrected chi connectivity index (χ2v) is 40.6. The number of esters is 6. The van der Waals surface area contributed by atoms with Gasteiger partial charge in [0.2, 0.25) is 0 Å². The van der Waals surface area contributed by atoms with E-state index >= 15 is 0 Å². The maximum absolute atomic E-state index is 13.2. The van der Waals surface area contributed by atoms with Crippen molar-refractivity contribution in [3.8, 4) is 0 Å². The summed E-state index contributed by atoms with van der Waals surface area (Å²) in [6.45, 7) is 16.5. The van der Waals surface area contributed by atoms with E-state index in [4.69, 9.17) is 42.6 Å². The highest BCUT2D eigenvalue weighted by Crippen LogP contribution is 2.73. The highest BCUT2D eigenvalue weighted by Gasteiger charge is 2.70. The second kappa shape index (κ2) is 26.8. The minimum Gasteiger partial charge on any atom is -0.462 e. The van der Waals surface area contributed by atoms with Crippen molar-refractivity contribution in [3.63, 3.8) is 0 Å². The Bertz CT molecular complexity index is 3080. The molecule has 28 unspecified atom stereocenters. The maximum Gasteiger partial charge on any atom is 0.311 e. The van der Waals surface area contributed by atoms with Crippen LogP contribution in [0.4, 0.5) is 0 Å². The van der Waals surface area contributed by atoms with Crippen LogP contribution in [0.1, 0.15) is 242 Å². The number of carbonyl (C=O) groups is 6. The molecule has 15 nitrogen and oxygen atoms in total. The Labute approximate surface area is 603 Å². The lowest BCUT2D eigenvalue weighted by molar-refractivity contribution is -0.192. The van der Waals surface area contributed by atoms with E-state index in [1.807, 2.05) is 48.5 Å². The number of ether oxygens (including phenoxy) is 9. The van der Waals surface area contributed by atoms with Crippen LogP contribution in [0.2, 0.25) is 0 Å². The van der Waals surface area contributed by atoms with Gasteiger partial charge in [-0.3, -0.25) is 28.8 Å². The molecule has 0 amide bonds. The number of hydrogen-bond acceptors (Lipinski definition) is 15. The van der Waals surface area contributed by atoms with Crippen molar-refractivity contribution in [1.29, 1.82) is 0 Å². The van der Waals surface area contributed by atoms with Crippen molar-refractivity contribution >= 4 is 35.8 Å². The van der Waals surface area contributed by atoms with Gasteiger partial charge in [0.1, 0.15) is 18.3 Å². The Morgan fingerprint density at radius 1 is 0.327 bits per heavy atom. The summed E-state index contributed by atoms with van der Waals surface area (Å²) in [6.07, 6.45) is 35.3. The number of fused-ring (bicyclic) bond motifs is 29. The lowest BCUT2D eigenvalue weighted by Crippen LogP contribution is -2.49. The maximum atomic E-state index is 13.2. The Hall–Kier alpha value is -3.30. The first-order valence-corrected chi connectivity index (χ1v) is 42.6. The summed E-state index contributed by atoms with van der Waals surface area (Å²) in [5, 5.41) is 0. The van der Waals surface area contributed by atoms with E-state index in [9.17, 15) is 28.8 Å². The van der Waals surface area contributed by atoms with Crippen molar-refractivity contribution in [2.75, 3.05) is 20.4 Å². The molecule has 0 N–H and O–H groups in total. The third kappa shape index (κ3) is 12.1. The molecule has 28 atom stereocenters. The first-order chi connectivity index (χ1) is 48.7. The Morgan fingerprint density at radius 2 is 0.663 bits per heavy atom. The van der Waals surface area contributed by atoms with Crippen LogP contribution >= 0.6 is 0 Å². The van der Waals surface area contributed by atoms with Gasteiger partial charge in [-0.2, -0.15) is 0 Å². The Kier molecular flexibility index (Phi) is 18.4. The van der Waals surface area contributed by atoms with Crippen LogP contribution < -0.4 is 0 Å². The summed E-state index contributed by atoms with van der Waals surface area (Å²) >= 11 is 0. The third-order valence-electron chi connectivity index (χ3n) is 35.2. The van der Waals surface area contributed by atoms with Crippen LogP contribution in [0.5, 0.6) is 0 Å². The first kappa shape index (κ1) is 69.4. The minimum atomic E-state index is -0.417. The van der Waals surface area contributed by atoms with Crippen molar-refractivity contribution < 1.29 is 71.4 Å². The molecule has 0 heterocycles. The normalized spacial score (nSPS) is 50.2. The van der Waals surface area contributed by atoms with Crippen LogP contribution in [0.3, 0.4) is 0 Å². The van der Waals surface area contributed by atoms with Gasteiger partial charge in [0.25, 0.3) is 0 Å². The van der Waals surface area contributed by atoms with E-state index in [2.05, 4.69) is 6.92 Å². The van der Waals surface area contributed by atoms with Gasteiger partial charge in [-0.15, -0.1) is 0 Å². The lowest BCUT2D eigenvalue weighted by Gasteiger charge is -2.53. The molecule has 0 saturated heterocycles. The summed E-state index contributed by atoms with van der Waals surface area (Å²) in [7, 11) is 0. The molecule has 22 aliphatic rings. The molecule has 0 aromatic carbocycles. The summed E-state index contributed by atoms with van der Waals surface area (Å²) in [4.78, 5) is 77.4. The SMILES string of the molecule is CCC(C)(C)C(=O)OC1CC2CC1C1C3CC(CC3C(=O)OCOC3C4CC5CC(C4)CC3C5)C21.CCC(C)(C)C(=O)OC1CC2CC1C1C3CC(CC3C(=O)OCOC3CC4CCC3C4)C21.CCC(C)C(=O)OC1CC2CC1C1C3CC(CC3C(=O)OCOC3C4CC5CC(C4)CC3C5)C21. The number of hydrogen-bond donors (Lipinski definition) is 0. The van der Waals surface area contributed by atoms with Crippen molar-refractivity contribution in [2.45, 2.75) is 278 Å². The fourth-order valence-corrected chi connectivity index (χ4v) is 30.7. The molecule has 22 saturated carbocycles. The molecule has 0 spiro atoms. The molecular weight excluding hydrogens is 1270 g/mol. The quantitative estimate of drug-likeness (QED) is 0.0457. The highest BCUT2D eigenvalue weighted by atomic mass is 16.7. The van der Waals surface area contributed by atoms with E-state index in [-0.39, 0.29) is 98.2 Å². The van der Waals surface area contributed by atoms with Gasteiger partial charge in [-0.05, 0) is 380 Å². The average Bonchev–Trinajstić information content (AvgIpc) is 1.55. The second-order valence-electron chi connectivity index (χ2n) is 40.6. The smallest absolute Gasteiger partial charge is 0.311 e. The monoisotopic (exact) mass is 1400 g/mol. The molecule has 22 bridgehead atoms. The van der Waals surface area contributed by atoms with Gasteiger partial charge < -0.3 is 42.6 Å². The van der Waals surface area contributed by atoms with E-state index in [0.717, 1.165) is 118 Å². The lowest BCUT2D eigenvalue weighted by atomic mass is 9.55. The largest absolute Gasteiger partial charge is 0.462 e. The zero-order valence-corrected chi connectivity index (χ0v) is 62.7. The minimum absolute atomic E-state index is 0.0196. The summed E-state index contributed by atoms with van der Waals surface area (Å²) in [5.74, 6) is 18.4. The fourth-order valence-electron chi connectivity index (χ4n) is 30.7. The molecule has 101 heavy (non-hydrogen) atoms. The third-order valence-corrected chi connectivity index (χ3v) is 35.2. The molecule has 0 aromatic rings. The highest BCUT2D eigenvalue weighted by molar-refractivity contribution is 5.77. The fraction of sp³-hybridized carbons (Fsp3) is 0.930. The molecule has 560 valence electrons. The molecule has 22 fully saturated rings. The molecular formula is C86H126O15. The van der Waals surface area contributed by atoms with Crippen molar-refractivity contribution in [3.05, 3.63) is 0 Å². The summed E-state index contributed by atoms with van der Waals surface area (Å²) in [6, 6.07) is 0. The molecule has 0 aromatic heterocycles. The van der Waals surface area contributed by atoms with Gasteiger partial charge in [-0.25, -0.2) is 0 Å². The average molecular weight is 1400 g/mol. The number of rotatable bonds is 21. The topological polar surface area (TPSA) is 185 Å². The zero-order chi connectivity index (χ0) is 69.4. The van der Waals surface area contributed by atoms with Gasteiger partial charge >= 0.3 is 35.8 Å². The Balaban J connectivity index is 0.000000109. The van der Waals surface area contributed by atoms with Crippen LogP contribution in [-0.4, -0.2) is 92.8 Å². The van der Waals surface area contributed by atoms with Crippen LogP contribution in [0.25, 0.3) is 0 Å². The molecule has 0 radical (unpaired) electrons. The van der Waals surface area contributed by atoms with E-state index in [1.54, 1.807) is 0 Å². The van der Waals surface area contributed by atoms with Crippen molar-refractivity contribution in [2.24, 2.45) is 200 Å². The van der Waals surface area contributed by atoms with E-state index in [1.165, 1.54) is 116 Å². The van der Waals surface area contributed by atoms with Gasteiger partial charge in [0.15, 0.2) is 20.4 Å². The summed E-state index contributed by atoms with van der Waals surface area (Å²) in [5.41, 5.74) is -0.833. The zero-order valence-electron chi connectivity index (χ0n) is 62.7. The van der Waals surface area contributed by atoms with Gasteiger partial charge in [0.05, 0.1) is 52.8 Å². The Morgan fingerprint density at radius 3 is 1.00 bits per heavy atom. The van der Waals surface area contributed by atoms with E-state index < -0.39 is 10.8 Å². The van der Waals surface area contributed by atoms with Crippen LogP contribution in [0.15, 0.2) is 0 Å². The van der Waals surface area contributed by atoms with Crippen LogP contribution in [-0.2, 0) is 71.4 Å². The predicted molar refractivity (Wildman–Crippen MR) is 373 cm³/mol. The van der Waals surface area contributed by atoms with Gasteiger partial charge in [-0.1, -0.05) is 27.7 Å². The molecule has 22 aliphatic carbocycles. The standard InChI is InChI=1S/C30H44O5.C29H42O5.C27H40O5/c1-4-30(2,3)29(32)35-24-13-18-12-23(24)26-21-10-17(25(18)26)11-22(21)28(31)34-14-33-27-19-6-15-5-16(8-19)9-20(27)7-15;1-3-14(2)28(30)34-24-12-18-11-23(24)26-21-9-17(25(18)26)10-22(21)29(31)33-13-32-27-19-5-15-4-16(7-19)8-20(27)6-15;1-4-27(2,3)26(29)32-22-12-17-11-20(22)24-18-9-16(23(17)24)10-19(18)25(28)31-13-30-21-8-14-5-6-15(21)7-14/h15-27H,4-14H2,1-3H3;14-27H,3-13H2,1-2H3;14-24H,4-13H2,1-3H3. The summed E-state index contributed by atoms with van der Waals surface area (Å²) < 4.78 is 54.0. The van der Waals surface area contributed by atoms with Gasteiger partial charge in [0, 0.05) is 0 Å². The van der Waals surface area contributed by atoms with E-state index in [0.29, 0.717) is 137 Å². The van der Waals surface area contributed by atoms with Crippen LogP contribution in [0, 0.1) is 200 Å². The molecule has 15 heteroatoms. The first-order valence-electron chi connectivity index (χ1n) is 42.6. The molecule has 22 rings (SSSR count).